The predicted octanol–water partition coefficient (Wildman–Crippen LogP) is 2.37. The minimum Gasteiger partial charge on any atom is -0.550 e. The molecule has 110 valence electrons. The van der Waals surface area contributed by atoms with Crippen LogP contribution in [-0.4, -0.2) is 11.9 Å². The van der Waals surface area contributed by atoms with Crippen LogP contribution < -0.4 is 9.84 Å². The normalized spacial score (nSPS) is 10.9. The number of carboxylic acid groups (broad SMARTS) is 1. The summed E-state index contributed by atoms with van der Waals surface area (Å²) in [6, 6.07) is 5.80. The SMILES string of the molecule is CC(C)c1cccc(C(C)C)c1OC(=O)CCC(=O)[O-]. The minimum absolute atomic E-state index is 0.174. The zero-order chi connectivity index (χ0) is 15.3. The summed E-state index contributed by atoms with van der Waals surface area (Å²) >= 11 is 0. The van der Waals surface area contributed by atoms with Crippen LogP contribution in [0.4, 0.5) is 0 Å². The van der Waals surface area contributed by atoms with Crippen LogP contribution in [-0.2, 0) is 9.59 Å². The van der Waals surface area contributed by atoms with Crippen molar-refractivity contribution in [3.8, 4) is 5.75 Å². The Bertz CT molecular complexity index is 463. The molecule has 0 saturated heterocycles. The Morgan fingerprint density at radius 2 is 1.55 bits per heavy atom. The molecule has 0 heterocycles. The molecule has 1 aromatic carbocycles. The monoisotopic (exact) mass is 277 g/mol. The van der Waals surface area contributed by atoms with Crippen molar-refractivity contribution in [3.05, 3.63) is 29.3 Å². The first kappa shape index (κ1) is 16.2. The van der Waals surface area contributed by atoms with Gasteiger partial charge in [-0.2, -0.15) is 0 Å². The van der Waals surface area contributed by atoms with Crippen LogP contribution in [0.5, 0.6) is 5.75 Å². The van der Waals surface area contributed by atoms with Gasteiger partial charge in [0.1, 0.15) is 5.75 Å². The van der Waals surface area contributed by atoms with Crippen LogP contribution in [0.2, 0.25) is 0 Å². The molecule has 0 aliphatic heterocycles. The lowest BCUT2D eigenvalue weighted by atomic mass is 9.94. The minimum atomic E-state index is -1.25. The second-order valence-corrected chi connectivity index (χ2v) is 5.42. The van der Waals surface area contributed by atoms with Gasteiger partial charge < -0.3 is 14.6 Å². The molecule has 20 heavy (non-hydrogen) atoms. The summed E-state index contributed by atoms with van der Waals surface area (Å²) in [4.78, 5) is 22.1. The largest absolute Gasteiger partial charge is 0.550 e. The topological polar surface area (TPSA) is 66.4 Å². The molecule has 0 saturated carbocycles. The molecule has 0 aliphatic carbocycles. The molecule has 1 aromatic rings. The second-order valence-electron chi connectivity index (χ2n) is 5.42. The van der Waals surface area contributed by atoms with Crippen molar-refractivity contribution >= 4 is 11.9 Å². The molecular weight excluding hydrogens is 256 g/mol. The Labute approximate surface area is 119 Å². The number of carbonyl (C=O) groups excluding carboxylic acids is 2. The Balaban J connectivity index is 3.01. The van der Waals surface area contributed by atoms with Crippen molar-refractivity contribution in [3.63, 3.8) is 0 Å². The summed E-state index contributed by atoms with van der Waals surface area (Å²) in [6.07, 6.45) is -0.494. The summed E-state index contributed by atoms with van der Waals surface area (Å²) in [5.41, 5.74) is 1.91. The molecule has 0 radical (unpaired) electrons. The number of carboxylic acids is 1. The Kier molecular flexibility index (Phi) is 5.74. The van der Waals surface area contributed by atoms with Gasteiger partial charge in [-0.15, -0.1) is 0 Å². The van der Waals surface area contributed by atoms with Gasteiger partial charge in [-0.05, 0) is 29.4 Å². The number of aliphatic carboxylic acids is 1. The van der Waals surface area contributed by atoms with E-state index < -0.39 is 11.9 Å². The highest BCUT2D eigenvalue weighted by Crippen LogP contribution is 2.34. The Morgan fingerprint density at radius 1 is 1.05 bits per heavy atom. The zero-order valence-electron chi connectivity index (χ0n) is 12.4. The Hall–Kier alpha value is -1.84. The van der Waals surface area contributed by atoms with E-state index in [2.05, 4.69) is 0 Å². The smallest absolute Gasteiger partial charge is 0.311 e. The van der Waals surface area contributed by atoms with E-state index in [4.69, 9.17) is 4.74 Å². The fraction of sp³-hybridized carbons (Fsp3) is 0.500. The van der Waals surface area contributed by atoms with Gasteiger partial charge in [0.25, 0.3) is 0 Å². The number of para-hydroxylation sites is 1. The maximum atomic E-state index is 11.8. The summed E-state index contributed by atoms with van der Waals surface area (Å²) in [5.74, 6) is -0.775. The molecule has 0 amide bonds. The van der Waals surface area contributed by atoms with Crippen molar-refractivity contribution < 1.29 is 19.4 Å². The van der Waals surface area contributed by atoms with E-state index in [1.807, 2.05) is 45.9 Å². The van der Waals surface area contributed by atoms with Crippen molar-refractivity contribution in [2.24, 2.45) is 0 Å². The molecular formula is C16H21O4-. The van der Waals surface area contributed by atoms with Crippen molar-refractivity contribution in [2.45, 2.75) is 52.4 Å². The molecule has 4 heteroatoms. The van der Waals surface area contributed by atoms with Crippen LogP contribution >= 0.6 is 0 Å². The first-order chi connectivity index (χ1) is 9.32. The predicted molar refractivity (Wildman–Crippen MR) is 74.5 cm³/mol. The number of benzene rings is 1. The summed E-state index contributed by atoms with van der Waals surface area (Å²) < 4.78 is 5.42. The molecule has 4 nitrogen and oxygen atoms in total. The third kappa shape index (κ3) is 4.37. The molecule has 0 bridgehead atoms. The van der Waals surface area contributed by atoms with E-state index in [0.29, 0.717) is 5.75 Å². The highest BCUT2D eigenvalue weighted by molar-refractivity contribution is 5.78. The molecule has 0 N–H and O–H groups in total. The van der Waals surface area contributed by atoms with Gasteiger partial charge in [-0.1, -0.05) is 45.9 Å². The van der Waals surface area contributed by atoms with E-state index in [1.165, 1.54) is 0 Å². The van der Waals surface area contributed by atoms with E-state index in [-0.39, 0.29) is 24.7 Å². The number of hydrogen-bond acceptors (Lipinski definition) is 4. The molecule has 0 fully saturated rings. The first-order valence-electron chi connectivity index (χ1n) is 6.86. The maximum absolute atomic E-state index is 11.8. The summed E-state index contributed by atoms with van der Waals surface area (Å²) in [7, 11) is 0. The molecule has 0 unspecified atom stereocenters. The fourth-order valence-corrected chi connectivity index (χ4v) is 1.97. The van der Waals surface area contributed by atoms with Crippen LogP contribution in [0.1, 0.15) is 63.5 Å². The van der Waals surface area contributed by atoms with Crippen molar-refractivity contribution in [1.29, 1.82) is 0 Å². The van der Waals surface area contributed by atoms with E-state index in [0.717, 1.165) is 11.1 Å². The van der Waals surface area contributed by atoms with Gasteiger partial charge >= 0.3 is 5.97 Å². The highest BCUT2D eigenvalue weighted by atomic mass is 16.5. The Morgan fingerprint density at radius 3 is 1.95 bits per heavy atom. The number of hydrogen-bond donors (Lipinski definition) is 0. The quantitative estimate of drug-likeness (QED) is 0.591. The van der Waals surface area contributed by atoms with Crippen molar-refractivity contribution in [2.75, 3.05) is 0 Å². The standard InChI is InChI=1S/C16H22O4/c1-10(2)12-6-5-7-13(11(3)4)16(12)20-15(19)9-8-14(17)18/h5-7,10-11H,8-9H2,1-4H3,(H,17,18)/p-1. The van der Waals surface area contributed by atoms with Crippen LogP contribution in [0.15, 0.2) is 18.2 Å². The van der Waals surface area contributed by atoms with E-state index >= 15 is 0 Å². The zero-order valence-corrected chi connectivity index (χ0v) is 12.4. The molecule has 0 atom stereocenters. The fourth-order valence-electron chi connectivity index (χ4n) is 1.97. The second kappa shape index (κ2) is 7.08. The summed E-state index contributed by atoms with van der Waals surface area (Å²) in [5, 5.41) is 10.4. The lowest BCUT2D eigenvalue weighted by Crippen LogP contribution is -2.24. The van der Waals surface area contributed by atoms with Gasteiger partial charge in [-0.25, -0.2) is 0 Å². The number of rotatable bonds is 6. The lowest BCUT2D eigenvalue weighted by Gasteiger charge is -2.18. The van der Waals surface area contributed by atoms with Gasteiger partial charge in [0.2, 0.25) is 0 Å². The third-order valence-corrected chi connectivity index (χ3v) is 3.07. The molecule has 0 aliphatic rings. The van der Waals surface area contributed by atoms with Gasteiger partial charge in [0.05, 0.1) is 6.42 Å². The first-order valence-corrected chi connectivity index (χ1v) is 6.86. The molecule has 0 spiro atoms. The average Bonchev–Trinajstić information content (AvgIpc) is 2.36. The number of ether oxygens (including phenoxy) is 1. The van der Waals surface area contributed by atoms with Crippen LogP contribution in [0.3, 0.4) is 0 Å². The van der Waals surface area contributed by atoms with Gasteiger partial charge in [0, 0.05) is 5.97 Å². The van der Waals surface area contributed by atoms with Gasteiger partial charge in [-0.3, -0.25) is 4.79 Å². The van der Waals surface area contributed by atoms with E-state index in [1.54, 1.807) is 0 Å². The lowest BCUT2D eigenvalue weighted by molar-refractivity contribution is -0.305. The van der Waals surface area contributed by atoms with Gasteiger partial charge in [0.15, 0.2) is 0 Å². The maximum Gasteiger partial charge on any atom is 0.311 e. The van der Waals surface area contributed by atoms with Crippen molar-refractivity contribution in [1.82, 2.24) is 0 Å². The summed E-state index contributed by atoms with van der Waals surface area (Å²) in [6.45, 7) is 8.10. The number of carbonyl (C=O) groups is 2. The third-order valence-electron chi connectivity index (χ3n) is 3.07. The molecule has 1 rings (SSSR count). The number of esters is 1. The highest BCUT2D eigenvalue weighted by Gasteiger charge is 2.17. The van der Waals surface area contributed by atoms with E-state index in [9.17, 15) is 14.7 Å². The van der Waals surface area contributed by atoms with Crippen LogP contribution in [0, 0.1) is 0 Å². The van der Waals surface area contributed by atoms with Crippen LogP contribution in [0.25, 0.3) is 0 Å². The average molecular weight is 277 g/mol. The molecule has 0 aromatic heterocycles.